The molecule has 0 aliphatic heterocycles. The second kappa shape index (κ2) is 14.6. The molecule has 49 heavy (non-hydrogen) atoms. The number of fused-ring (bicyclic) bond motifs is 2. The number of nitrogens with zero attached hydrogens (tertiary/aromatic N) is 9. The largest absolute Gasteiger partial charge is 0.382 e. The molecule has 0 aliphatic rings. The van der Waals surface area contributed by atoms with Crippen molar-refractivity contribution in [2.75, 3.05) is 11.5 Å². The van der Waals surface area contributed by atoms with Crippen molar-refractivity contribution in [3.05, 3.63) is 124 Å². The van der Waals surface area contributed by atoms with Gasteiger partial charge in [-0.1, -0.05) is 46.9 Å². The number of halogens is 3. The van der Waals surface area contributed by atoms with E-state index in [1.165, 1.54) is 12.4 Å². The number of aromatic nitrogens is 10. The van der Waals surface area contributed by atoms with Crippen LogP contribution in [0.25, 0.3) is 50.1 Å². The van der Waals surface area contributed by atoms with Crippen molar-refractivity contribution in [2.45, 2.75) is 13.8 Å². The Hall–Kier alpha value is -5.69. The predicted octanol–water partition coefficient (Wildman–Crippen LogP) is 7.72. The van der Waals surface area contributed by atoms with E-state index in [0.29, 0.717) is 33.1 Å². The van der Waals surface area contributed by atoms with Crippen LogP contribution in [0.4, 0.5) is 11.6 Å². The van der Waals surface area contributed by atoms with Gasteiger partial charge in [0.15, 0.2) is 11.0 Å². The Kier molecular flexibility index (Phi) is 9.90. The number of hydrogen-bond acceptors (Lipinski definition) is 10. The SMILES string of the molecule is Cc1ccn(-c2nc(N)cnc2-c2cc(Cl)c3ncccc3c2)n1.Cc1ccn[nH]1.Nc1cnc(-c2cc(Cl)c3ncccc3c2)c(Cl)n1. The second-order valence-corrected chi connectivity index (χ2v) is 11.8. The van der Waals surface area contributed by atoms with Gasteiger partial charge in [-0.25, -0.2) is 24.6 Å². The van der Waals surface area contributed by atoms with Gasteiger partial charge in [0.2, 0.25) is 0 Å². The molecule has 5 N–H and O–H groups in total. The summed E-state index contributed by atoms with van der Waals surface area (Å²) in [4.78, 5) is 25.6. The predicted molar refractivity (Wildman–Crippen MR) is 195 cm³/mol. The minimum atomic E-state index is 0.249. The number of aromatic amines is 1. The van der Waals surface area contributed by atoms with Crippen LogP contribution in [-0.4, -0.2) is 49.9 Å². The Morgan fingerprint density at radius 1 is 0.673 bits per heavy atom. The Labute approximate surface area is 295 Å². The zero-order chi connectivity index (χ0) is 34.5. The summed E-state index contributed by atoms with van der Waals surface area (Å²) in [6, 6.07) is 18.9. The number of nitrogens with one attached hydrogen (secondary N) is 1. The van der Waals surface area contributed by atoms with Crippen LogP contribution in [-0.2, 0) is 0 Å². The first kappa shape index (κ1) is 33.2. The normalized spacial score (nSPS) is 10.7. The number of rotatable bonds is 3. The molecule has 8 aromatic rings. The third-order valence-electron chi connectivity index (χ3n) is 6.96. The Morgan fingerprint density at radius 3 is 1.78 bits per heavy atom. The van der Waals surface area contributed by atoms with Crippen LogP contribution in [0.15, 0.2) is 97.8 Å². The van der Waals surface area contributed by atoms with E-state index in [1.807, 2.05) is 74.6 Å². The van der Waals surface area contributed by atoms with Crippen molar-refractivity contribution in [1.82, 2.24) is 49.9 Å². The van der Waals surface area contributed by atoms with Gasteiger partial charge in [-0.2, -0.15) is 10.2 Å². The van der Waals surface area contributed by atoms with Crippen molar-refractivity contribution in [1.29, 1.82) is 0 Å². The number of nitrogens with two attached hydrogens (primary N) is 2. The van der Waals surface area contributed by atoms with Crippen LogP contribution in [0, 0.1) is 13.8 Å². The topological polar surface area (TPSA) is 176 Å². The molecule has 8 rings (SSSR count). The molecule has 0 aliphatic carbocycles. The number of benzene rings is 2. The maximum absolute atomic E-state index is 6.39. The Morgan fingerprint density at radius 2 is 1.27 bits per heavy atom. The highest BCUT2D eigenvalue weighted by molar-refractivity contribution is 6.36. The molecular weight excluding hydrogens is 683 g/mol. The highest BCUT2D eigenvalue weighted by Crippen LogP contribution is 2.33. The molecule has 0 bridgehead atoms. The lowest BCUT2D eigenvalue weighted by atomic mass is 10.1. The van der Waals surface area contributed by atoms with Crippen molar-refractivity contribution in [3.8, 4) is 28.3 Å². The van der Waals surface area contributed by atoms with E-state index in [9.17, 15) is 0 Å². The zero-order valence-electron chi connectivity index (χ0n) is 26.1. The molecule has 0 saturated carbocycles. The molecule has 12 nitrogen and oxygen atoms in total. The highest BCUT2D eigenvalue weighted by Gasteiger charge is 2.15. The van der Waals surface area contributed by atoms with Crippen LogP contribution in [0.2, 0.25) is 15.2 Å². The second-order valence-electron chi connectivity index (χ2n) is 10.6. The van der Waals surface area contributed by atoms with Gasteiger partial charge in [-0.3, -0.25) is 15.1 Å². The number of anilines is 2. The van der Waals surface area contributed by atoms with Gasteiger partial charge in [-0.15, -0.1) is 0 Å². The number of hydrogen-bond donors (Lipinski definition) is 3. The molecule has 0 radical (unpaired) electrons. The fraction of sp³-hybridized carbons (Fsp3) is 0.0588. The van der Waals surface area contributed by atoms with Gasteiger partial charge in [-0.05, 0) is 62.4 Å². The molecule has 0 amide bonds. The Bertz CT molecular complexity index is 2390. The maximum atomic E-state index is 6.39. The number of H-pyrrole nitrogens is 1. The van der Waals surface area contributed by atoms with Crippen LogP contribution >= 0.6 is 34.8 Å². The number of aryl methyl sites for hydroxylation is 2. The molecule has 2 aromatic carbocycles. The highest BCUT2D eigenvalue weighted by atomic mass is 35.5. The van der Waals surface area contributed by atoms with Crippen molar-refractivity contribution >= 4 is 68.2 Å². The summed E-state index contributed by atoms with van der Waals surface area (Å²) in [6.07, 6.45) is 9.96. The first-order valence-electron chi connectivity index (χ1n) is 14.6. The molecule has 15 heteroatoms. The quantitative estimate of drug-likeness (QED) is 0.165. The van der Waals surface area contributed by atoms with E-state index < -0.39 is 0 Å². The van der Waals surface area contributed by atoms with E-state index in [4.69, 9.17) is 46.3 Å². The lowest BCUT2D eigenvalue weighted by molar-refractivity contribution is 0.829. The number of pyridine rings is 2. The third-order valence-corrected chi connectivity index (χ3v) is 7.80. The fourth-order valence-corrected chi connectivity index (χ4v) is 5.56. The molecule has 0 fully saturated rings. The Balaban J connectivity index is 0.000000148. The van der Waals surface area contributed by atoms with Crippen LogP contribution in [0.3, 0.4) is 0 Å². The smallest absolute Gasteiger partial charge is 0.182 e. The van der Waals surface area contributed by atoms with Crippen molar-refractivity contribution in [2.24, 2.45) is 0 Å². The molecule has 6 aromatic heterocycles. The maximum Gasteiger partial charge on any atom is 0.182 e. The minimum absolute atomic E-state index is 0.249. The summed E-state index contributed by atoms with van der Waals surface area (Å²) in [5.74, 6) is 1.17. The van der Waals surface area contributed by atoms with Crippen LogP contribution < -0.4 is 11.5 Å². The summed E-state index contributed by atoms with van der Waals surface area (Å²) < 4.78 is 1.66. The van der Waals surface area contributed by atoms with E-state index >= 15 is 0 Å². The number of nitrogen functional groups attached to an aromatic ring is 2. The first-order chi connectivity index (χ1) is 23.7. The molecule has 244 valence electrons. The first-order valence-corrected chi connectivity index (χ1v) is 15.8. The average Bonchev–Trinajstić information content (AvgIpc) is 3.76. The fourth-order valence-electron chi connectivity index (χ4n) is 4.76. The van der Waals surface area contributed by atoms with Gasteiger partial charge in [0, 0.05) is 52.4 Å². The lowest BCUT2D eigenvalue weighted by Crippen LogP contribution is -2.06. The minimum Gasteiger partial charge on any atom is -0.382 e. The summed E-state index contributed by atoms with van der Waals surface area (Å²) in [6.45, 7) is 3.88. The lowest BCUT2D eigenvalue weighted by Gasteiger charge is -2.10. The van der Waals surface area contributed by atoms with Crippen LogP contribution in [0.1, 0.15) is 11.4 Å². The monoisotopic (exact) mass is 708 g/mol. The third kappa shape index (κ3) is 7.73. The summed E-state index contributed by atoms with van der Waals surface area (Å²) in [5, 5.41) is 14.1. The molecule has 0 unspecified atom stereocenters. The van der Waals surface area contributed by atoms with Gasteiger partial charge in [0.25, 0.3) is 0 Å². The van der Waals surface area contributed by atoms with Gasteiger partial charge < -0.3 is 11.5 Å². The standard InChI is InChI=1S/C17H13ClN6.C13H8Cl2N4.C4H6N2/c1-10-4-6-24(23-10)17-16(21-9-14(19)22-17)12-7-11-3-2-5-20-15(11)13(18)8-12;14-9-5-8(4-7-2-1-3-17-11(7)9)12-13(15)19-10(16)6-18-12;1-4-2-3-5-6-4/h2-9H,1H3,(H2,19,22);1-6H,(H2,16,19);2-3H,1H3,(H,5,6). The van der Waals surface area contributed by atoms with Gasteiger partial charge in [0.05, 0.1) is 39.2 Å². The van der Waals surface area contributed by atoms with E-state index in [2.05, 4.69) is 45.2 Å². The zero-order valence-corrected chi connectivity index (χ0v) is 28.3. The van der Waals surface area contributed by atoms with Crippen LogP contribution in [0.5, 0.6) is 0 Å². The van der Waals surface area contributed by atoms with E-state index in [0.717, 1.165) is 44.3 Å². The average molecular weight is 710 g/mol. The summed E-state index contributed by atoms with van der Waals surface area (Å²) in [5.41, 5.74) is 17.6. The molecule has 0 saturated heterocycles. The van der Waals surface area contributed by atoms with Gasteiger partial charge in [0.1, 0.15) is 23.0 Å². The van der Waals surface area contributed by atoms with Gasteiger partial charge >= 0.3 is 0 Å². The molecule has 0 spiro atoms. The molecular formula is C34H27Cl3N12. The summed E-state index contributed by atoms with van der Waals surface area (Å²) >= 11 is 18.7. The van der Waals surface area contributed by atoms with Crippen molar-refractivity contribution in [3.63, 3.8) is 0 Å². The van der Waals surface area contributed by atoms with E-state index in [-0.39, 0.29) is 11.0 Å². The molecule has 6 heterocycles. The van der Waals surface area contributed by atoms with E-state index in [1.54, 1.807) is 29.3 Å². The van der Waals surface area contributed by atoms with Crippen molar-refractivity contribution < 1.29 is 0 Å². The summed E-state index contributed by atoms with van der Waals surface area (Å²) in [7, 11) is 0. The molecule has 0 atom stereocenters.